The summed E-state index contributed by atoms with van der Waals surface area (Å²) < 4.78 is 5.79. The molecule has 26 heavy (non-hydrogen) atoms. The van der Waals surface area contributed by atoms with Crippen molar-refractivity contribution in [2.24, 2.45) is 5.92 Å². The van der Waals surface area contributed by atoms with Gasteiger partial charge in [0, 0.05) is 18.6 Å². The molecule has 6 nitrogen and oxygen atoms in total. The molecule has 2 rings (SSSR count). The van der Waals surface area contributed by atoms with Crippen molar-refractivity contribution >= 4 is 29.3 Å². The van der Waals surface area contributed by atoms with Crippen molar-refractivity contribution in [1.82, 2.24) is 15.6 Å². The van der Waals surface area contributed by atoms with Gasteiger partial charge < -0.3 is 20.5 Å². The molecule has 1 aliphatic rings. The molecule has 2 heterocycles. The van der Waals surface area contributed by atoms with Crippen LogP contribution in [0, 0.1) is 5.92 Å². The maximum atomic E-state index is 11.1. The molecule has 3 N–H and O–H groups in total. The molecule has 0 saturated carbocycles. The average molecular weight is 400 g/mol. The number of alkyl halides is 1. The van der Waals surface area contributed by atoms with Gasteiger partial charge in [0.05, 0.1) is 10.6 Å². The topological polar surface area (TPSA) is 83.5 Å². The van der Waals surface area contributed by atoms with Crippen molar-refractivity contribution in [1.29, 1.82) is 0 Å². The van der Waals surface area contributed by atoms with E-state index in [4.69, 9.17) is 33.0 Å². The van der Waals surface area contributed by atoms with Crippen LogP contribution in [0.15, 0.2) is 47.6 Å². The van der Waals surface area contributed by atoms with Crippen LogP contribution in [0.3, 0.4) is 0 Å². The quantitative estimate of drug-likeness (QED) is 0.474. The molecule has 1 aromatic heterocycles. The van der Waals surface area contributed by atoms with Crippen LogP contribution in [-0.4, -0.2) is 28.3 Å². The predicted octanol–water partition coefficient (Wildman–Crippen LogP) is 4.13. The van der Waals surface area contributed by atoms with Gasteiger partial charge in [-0.25, -0.2) is 4.79 Å². The Kier molecular flexibility index (Phi) is 6.42. The fraction of sp³-hybridized carbons (Fsp3) is 0.444. The Morgan fingerprint density at radius 1 is 1.46 bits per heavy atom. The lowest BCUT2D eigenvalue weighted by Gasteiger charge is -2.33. The number of hydrogen-bond acceptors (Lipinski definition) is 4. The van der Waals surface area contributed by atoms with Gasteiger partial charge in [0.15, 0.2) is 10.8 Å². The third-order valence-electron chi connectivity index (χ3n) is 3.89. The van der Waals surface area contributed by atoms with Crippen LogP contribution in [0.5, 0.6) is 0 Å². The summed E-state index contributed by atoms with van der Waals surface area (Å²) in [5.41, 5.74) is 0.0540. The van der Waals surface area contributed by atoms with Crippen LogP contribution in [-0.2, 0) is 9.73 Å². The molecule has 0 spiro atoms. The van der Waals surface area contributed by atoms with Gasteiger partial charge in [0.1, 0.15) is 6.61 Å². The second kappa shape index (κ2) is 8.18. The third kappa shape index (κ3) is 5.29. The Hall–Kier alpha value is -1.92. The van der Waals surface area contributed by atoms with E-state index in [2.05, 4.69) is 15.6 Å². The minimum Gasteiger partial charge on any atom is -0.488 e. The molecule has 0 bridgehead atoms. The first-order valence-corrected chi connectivity index (χ1v) is 8.99. The lowest BCUT2D eigenvalue weighted by atomic mass is 9.91. The summed E-state index contributed by atoms with van der Waals surface area (Å²) in [7, 11) is 0. The number of nitrogens with zero attached hydrogens (tertiary/aromatic N) is 1. The lowest BCUT2D eigenvalue weighted by Crippen LogP contribution is -2.50. The SMILES string of the molecule is CC(C)CC(C)(COC1=CNC(Cl)(c2ccncc2)C=C1Cl)NC(=O)O. The number of carboxylic acid groups (broad SMARTS) is 1. The minimum absolute atomic E-state index is 0.138. The van der Waals surface area contributed by atoms with Crippen LogP contribution >= 0.6 is 23.2 Å². The van der Waals surface area contributed by atoms with Crippen molar-refractivity contribution in [3.05, 3.63) is 53.2 Å². The van der Waals surface area contributed by atoms with E-state index < -0.39 is 16.6 Å². The van der Waals surface area contributed by atoms with E-state index in [1.165, 1.54) is 0 Å². The van der Waals surface area contributed by atoms with Crippen molar-refractivity contribution in [2.75, 3.05) is 6.61 Å². The molecular formula is C18H23Cl2N3O3. The highest BCUT2D eigenvalue weighted by Crippen LogP contribution is 2.35. The molecule has 2 unspecified atom stereocenters. The van der Waals surface area contributed by atoms with Gasteiger partial charge in [-0.1, -0.05) is 37.0 Å². The van der Waals surface area contributed by atoms with E-state index in [0.717, 1.165) is 5.56 Å². The first kappa shape index (κ1) is 20.4. The van der Waals surface area contributed by atoms with E-state index in [-0.39, 0.29) is 6.61 Å². The molecule has 1 aromatic rings. The molecule has 142 valence electrons. The van der Waals surface area contributed by atoms with Crippen molar-refractivity contribution in [3.63, 3.8) is 0 Å². The first-order chi connectivity index (χ1) is 12.1. The number of ether oxygens (including phenoxy) is 1. The zero-order valence-electron chi connectivity index (χ0n) is 14.9. The number of rotatable bonds is 7. The zero-order valence-corrected chi connectivity index (χ0v) is 16.4. The van der Waals surface area contributed by atoms with Gasteiger partial charge in [-0.05, 0) is 43.0 Å². The molecule has 0 fully saturated rings. The molecule has 1 amide bonds. The largest absolute Gasteiger partial charge is 0.488 e. The first-order valence-electron chi connectivity index (χ1n) is 8.23. The highest BCUT2D eigenvalue weighted by molar-refractivity contribution is 6.33. The zero-order chi connectivity index (χ0) is 19.4. The Labute approximate surface area is 163 Å². The van der Waals surface area contributed by atoms with Crippen LogP contribution < -0.4 is 10.6 Å². The second-order valence-corrected chi connectivity index (χ2v) is 7.97. The number of allylic oxidation sites excluding steroid dienone is 1. The smallest absolute Gasteiger partial charge is 0.405 e. The summed E-state index contributed by atoms with van der Waals surface area (Å²) in [4.78, 5) is 14.1. The van der Waals surface area contributed by atoms with Crippen molar-refractivity contribution < 1.29 is 14.6 Å². The standard InChI is InChI=1S/C18H23Cl2N3O3/c1-12(2)8-17(3,23-16(24)25)11-26-15-10-22-18(20,9-14(15)19)13-4-6-21-7-5-13/h4-7,9-10,12,22-23H,8,11H2,1-3H3,(H,24,25). The second-order valence-electron chi connectivity index (χ2n) is 6.97. The van der Waals surface area contributed by atoms with Gasteiger partial charge >= 0.3 is 6.09 Å². The normalized spacial score (nSPS) is 21.9. The number of pyridine rings is 1. The fourth-order valence-electron chi connectivity index (χ4n) is 2.94. The van der Waals surface area contributed by atoms with Crippen molar-refractivity contribution in [2.45, 2.75) is 37.7 Å². The maximum absolute atomic E-state index is 11.1. The number of aromatic nitrogens is 1. The van der Waals surface area contributed by atoms with E-state index in [9.17, 15) is 4.79 Å². The van der Waals surface area contributed by atoms with Gasteiger partial charge in [-0.3, -0.25) is 4.98 Å². The van der Waals surface area contributed by atoms with Gasteiger partial charge in [0.2, 0.25) is 0 Å². The number of nitrogens with one attached hydrogen (secondary N) is 2. The highest BCUT2D eigenvalue weighted by atomic mass is 35.5. The third-order valence-corrected chi connectivity index (χ3v) is 4.62. The summed E-state index contributed by atoms with van der Waals surface area (Å²) in [6, 6.07) is 3.58. The molecule has 1 aliphatic heterocycles. The summed E-state index contributed by atoms with van der Waals surface area (Å²) in [6.07, 6.45) is 6.06. The monoisotopic (exact) mass is 399 g/mol. The Balaban J connectivity index is 2.09. The number of halogens is 2. The minimum atomic E-state index is -1.09. The summed E-state index contributed by atoms with van der Waals surface area (Å²) in [6.45, 7) is 5.98. The van der Waals surface area contributed by atoms with Crippen LogP contribution in [0.25, 0.3) is 0 Å². The van der Waals surface area contributed by atoms with Gasteiger partial charge in [-0.2, -0.15) is 0 Å². The van der Waals surface area contributed by atoms with E-state index in [1.54, 1.807) is 43.7 Å². The summed E-state index contributed by atoms with van der Waals surface area (Å²) in [5.74, 6) is 0.696. The van der Waals surface area contributed by atoms with Crippen LogP contribution in [0.2, 0.25) is 0 Å². The Morgan fingerprint density at radius 3 is 2.65 bits per heavy atom. The molecule has 2 atom stereocenters. The predicted molar refractivity (Wildman–Crippen MR) is 102 cm³/mol. The van der Waals surface area contributed by atoms with Gasteiger partial charge in [-0.15, -0.1) is 0 Å². The molecule has 0 radical (unpaired) electrons. The Bertz CT molecular complexity index is 709. The van der Waals surface area contributed by atoms with Gasteiger partial charge in [0.25, 0.3) is 0 Å². The Morgan fingerprint density at radius 2 is 2.12 bits per heavy atom. The van der Waals surface area contributed by atoms with Crippen molar-refractivity contribution in [3.8, 4) is 0 Å². The molecule has 0 aromatic carbocycles. The molecule has 8 heteroatoms. The lowest BCUT2D eigenvalue weighted by molar-refractivity contribution is 0.110. The molecular weight excluding hydrogens is 377 g/mol. The van der Waals surface area contributed by atoms with Crippen LogP contribution in [0.4, 0.5) is 4.79 Å². The fourth-order valence-corrected chi connectivity index (χ4v) is 3.56. The number of dihydropyridines is 1. The number of carbonyl (C=O) groups is 1. The number of amides is 1. The maximum Gasteiger partial charge on any atom is 0.405 e. The van der Waals surface area contributed by atoms with E-state index in [1.807, 2.05) is 13.8 Å². The van der Waals surface area contributed by atoms with E-state index >= 15 is 0 Å². The summed E-state index contributed by atoms with van der Waals surface area (Å²) in [5, 5.41) is 15.0. The van der Waals surface area contributed by atoms with E-state index in [0.29, 0.717) is 23.1 Å². The van der Waals surface area contributed by atoms with Crippen LogP contribution in [0.1, 0.15) is 32.8 Å². The summed E-state index contributed by atoms with van der Waals surface area (Å²) >= 11 is 12.9. The number of hydrogen-bond donors (Lipinski definition) is 3. The average Bonchev–Trinajstić information content (AvgIpc) is 2.53. The molecule has 0 aliphatic carbocycles. The highest BCUT2D eigenvalue weighted by Gasteiger charge is 2.33. The molecule has 0 saturated heterocycles.